The number of hydrogen-bond acceptors (Lipinski definition) is 3. The zero-order valence-electron chi connectivity index (χ0n) is 12.0. The van der Waals surface area contributed by atoms with Crippen LogP contribution in [0.25, 0.3) is 0 Å². The van der Waals surface area contributed by atoms with Gasteiger partial charge in [-0.15, -0.1) is 0 Å². The van der Waals surface area contributed by atoms with Gasteiger partial charge in [0.1, 0.15) is 0 Å². The summed E-state index contributed by atoms with van der Waals surface area (Å²) >= 11 is 0. The molecule has 1 rings (SSSR count). The first-order valence-corrected chi connectivity index (χ1v) is 6.81. The molecule has 0 aliphatic heterocycles. The third-order valence-corrected chi connectivity index (χ3v) is 3.18. The quantitative estimate of drug-likeness (QED) is 0.587. The average molecular weight is 264 g/mol. The molecule has 0 heterocycles. The normalized spacial score (nSPS) is 12.2. The number of benzene rings is 1. The first-order valence-electron chi connectivity index (χ1n) is 6.81. The van der Waals surface area contributed by atoms with Crippen LogP contribution in [-0.4, -0.2) is 18.6 Å². The van der Waals surface area contributed by atoms with Gasteiger partial charge >= 0.3 is 0 Å². The lowest BCUT2D eigenvalue weighted by Gasteiger charge is -2.11. The molecule has 106 valence electrons. The highest BCUT2D eigenvalue weighted by Crippen LogP contribution is 2.20. The van der Waals surface area contributed by atoms with E-state index in [2.05, 4.69) is 12.2 Å². The molecule has 0 radical (unpaired) electrons. The SMILES string of the molecule is CCC(C)OCCCC(=O)Nc1cccc(N)c1C. The number of amides is 1. The number of ether oxygens (including phenoxy) is 1. The van der Waals surface area contributed by atoms with Gasteiger partial charge in [0.25, 0.3) is 0 Å². The first kappa shape index (κ1) is 15.5. The second kappa shape index (κ2) is 7.79. The summed E-state index contributed by atoms with van der Waals surface area (Å²) in [5.41, 5.74) is 8.18. The molecule has 1 aromatic carbocycles. The van der Waals surface area contributed by atoms with Crippen molar-refractivity contribution in [2.75, 3.05) is 17.7 Å². The molecule has 3 N–H and O–H groups in total. The Labute approximate surface area is 115 Å². The van der Waals surface area contributed by atoms with E-state index in [9.17, 15) is 4.79 Å². The van der Waals surface area contributed by atoms with Crippen LogP contribution in [-0.2, 0) is 9.53 Å². The summed E-state index contributed by atoms with van der Waals surface area (Å²) in [6.45, 7) is 6.64. The predicted octanol–water partition coefficient (Wildman–Crippen LogP) is 3.11. The molecule has 0 fully saturated rings. The van der Waals surface area contributed by atoms with E-state index in [-0.39, 0.29) is 12.0 Å². The average Bonchev–Trinajstić information content (AvgIpc) is 2.39. The molecule has 1 amide bonds. The maximum absolute atomic E-state index is 11.8. The molecule has 4 heteroatoms. The molecular formula is C15H24N2O2. The molecule has 0 spiro atoms. The minimum Gasteiger partial charge on any atom is -0.398 e. The molecule has 0 saturated heterocycles. The van der Waals surface area contributed by atoms with Crippen LogP contribution in [0.4, 0.5) is 11.4 Å². The van der Waals surface area contributed by atoms with Crippen molar-refractivity contribution in [2.45, 2.75) is 46.1 Å². The van der Waals surface area contributed by atoms with Crippen LogP contribution in [0.15, 0.2) is 18.2 Å². The maximum Gasteiger partial charge on any atom is 0.224 e. The van der Waals surface area contributed by atoms with E-state index in [0.29, 0.717) is 18.7 Å². The lowest BCUT2D eigenvalue weighted by atomic mass is 10.1. The highest BCUT2D eigenvalue weighted by Gasteiger charge is 2.06. The first-order chi connectivity index (χ1) is 9.04. The Bertz CT molecular complexity index is 419. The molecule has 0 aliphatic carbocycles. The molecule has 0 saturated carbocycles. The van der Waals surface area contributed by atoms with E-state index in [1.807, 2.05) is 32.0 Å². The van der Waals surface area contributed by atoms with E-state index in [1.165, 1.54) is 0 Å². The van der Waals surface area contributed by atoms with Crippen molar-refractivity contribution in [1.82, 2.24) is 0 Å². The minimum absolute atomic E-state index is 0.00134. The number of carbonyl (C=O) groups excluding carboxylic acids is 1. The molecule has 0 bridgehead atoms. The van der Waals surface area contributed by atoms with E-state index in [0.717, 1.165) is 24.1 Å². The zero-order valence-corrected chi connectivity index (χ0v) is 12.0. The number of hydrogen-bond donors (Lipinski definition) is 2. The molecule has 1 aromatic rings. The fourth-order valence-electron chi connectivity index (χ4n) is 1.64. The zero-order chi connectivity index (χ0) is 14.3. The van der Waals surface area contributed by atoms with Crippen LogP contribution in [0.1, 0.15) is 38.7 Å². The topological polar surface area (TPSA) is 64.3 Å². The molecule has 1 atom stereocenters. The Kier molecular flexibility index (Phi) is 6.36. The van der Waals surface area contributed by atoms with Crippen LogP contribution in [0.3, 0.4) is 0 Å². The second-order valence-electron chi connectivity index (χ2n) is 4.76. The highest BCUT2D eigenvalue weighted by atomic mass is 16.5. The number of anilines is 2. The fraction of sp³-hybridized carbons (Fsp3) is 0.533. The van der Waals surface area contributed by atoms with Crippen molar-refractivity contribution in [3.05, 3.63) is 23.8 Å². The maximum atomic E-state index is 11.8. The van der Waals surface area contributed by atoms with Gasteiger partial charge in [0.05, 0.1) is 6.10 Å². The summed E-state index contributed by atoms with van der Waals surface area (Å²) in [6, 6.07) is 5.52. The molecule has 0 aromatic heterocycles. The van der Waals surface area contributed by atoms with Gasteiger partial charge in [-0.2, -0.15) is 0 Å². The van der Waals surface area contributed by atoms with Gasteiger partial charge in [0.15, 0.2) is 0 Å². The lowest BCUT2D eigenvalue weighted by molar-refractivity contribution is -0.116. The van der Waals surface area contributed by atoms with Gasteiger partial charge < -0.3 is 15.8 Å². The van der Waals surface area contributed by atoms with Crippen LogP contribution in [0.2, 0.25) is 0 Å². The van der Waals surface area contributed by atoms with E-state index in [1.54, 1.807) is 0 Å². The molecular weight excluding hydrogens is 240 g/mol. The highest BCUT2D eigenvalue weighted by molar-refractivity contribution is 5.92. The number of carbonyl (C=O) groups is 1. The Morgan fingerprint density at radius 1 is 1.47 bits per heavy atom. The van der Waals surface area contributed by atoms with Crippen molar-refractivity contribution in [3.8, 4) is 0 Å². The van der Waals surface area contributed by atoms with Crippen molar-refractivity contribution in [1.29, 1.82) is 0 Å². The van der Waals surface area contributed by atoms with Crippen LogP contribution < -0.4 is 11.1 Å². The summed E-state index contributed by atoms with van der Waals surface area (Å²) in [6.07, 6.45) is 2.45. The van der Waals surface area contributed by atoms with E-state index >= 15 is 0 Å². The van der Waals surface area contributed by atoms with Crippen molar-refractivity contribution >= 4 is 17.3 Å². The predicted molar refractivity (Wildman–Crippen MR) is 79.2 cm³/mol. The monoisotopic (exact) mass is 264 g/mol. The van der Waals surface area contributed by atoms with Crippen molar-refractivity contribution < 1.29 is 9.53 Å². The van der Waals surface area contributed by atoms with E-state index < -0.39 is 0 Å². The fourth-order valence-corrected chi connectivity index (χ4v) is 1.64. The Morgan fingerprint density at radius 3 is 2.89 bits per heavy atom. The summed E-state index contributed by atoms with van der Waals surface area (Å²) in [4.78, 5) is 11.8. The van der Waals surface area contributed by atoms with Crippen LogP contribution in [0, 0.1) is 6.92 Å². The third-order valence-electron chi connectivity index (χ3n) is 3.18. The van der Waals surface area contributed by atoms with Gasteiger partial charge in [-0.3, -0.25) is 4.79 Å². The third kappa shape index (κ3) is 5.30. The molecule has 0 aliphatic rings. The molecule has 19 heavy (non-hydrogen) atoms. The molecule has 1 unspecified atom stereocenters. The Morgan fingerprint density at radius 2 is 2.21 bits per heavy atom. The van der Waals surface area contributed by atoms with Gasteiger partial charge in [0.2, 0.25) is 5.91 Å². The van der Waals surface area contributed by atoms with Crippen molar-refractivity contribution in [3.63, 3.8) is 0 Å². The number of nitrogen functional groups attached to an aromatic ring is 1. The standard InChI is InChI=1S/C15H24N2O2/c1-4-11(2)19-10-6-9-15(18)17-14-8-5-7-13(16)12(14)3/h5,7-8,11H,4,6,9-10,16H2,1-3H3,(H,17,18). The summed E-state index contributed by atoms with van der Waals surface area (Å²) < 4.78 is 5.53. The summed E-state index contributed by atoms with van der Waals surface area (Å²) in [5, 5.41) is 2.88. The number of rotatable bonds is 7. The molecule has 4 nitrogen and oxygen atoms in total. The van der Waals surface area contributed by atoms with Gasteiger partial charge in [-0.1, -0.05) is 13.0 Å². The summed E-state index contributed by atoms with van der Waals surface area (Å²) in [5.74, 6) is 0.00134. The minimum atomic E-state index is 0.00134. The van der Waals surface area contributed by atoms with Crippen LogP contribution >= 0.6 is 0 Å². The van der Waals surface area contributed by atoms with Gasteiger partial charge in [-0.05, 0) is 44.4 Å². The number of nitrogens with two attached hydrogens (primary N) is 1. The number of nitrogens with one attached hydrogen (secondary N) is 1. The smallest absolute Gasteiger partial charge is 0.224 e. The van der Waals surface area contributed by atoms with Gasteiger partial charge in [-0.25, -0.2) is 0 Å². The van der Waals surface area contributed by atoms with Crippen molar-refractivity contribution in [2.24, 2.45) is 0 Å². The van der Waals surface area contributed by atoms with Crippen LogP contribution in [0.5, 0.6) is 0 Å². The van der Waals surface area contributed by atoms with E-state index in [4.69, 9.17) is 10.5 Å². The second-order valence-corrected chi connectivity index (χ2v) is 4.76. The largest absolute Gasteiger partial charge is 0.398 e. The Balaban J connectivity index is 2.33. The van der Waals surface area contributed by atoms with Gasteiger partial charge in [0, 0.05) is 24.4 Å². The lowest BCUT2D eigenvalue weighted by Crippen LogP contribution is -2.14. The summed E-state index contributed by atoms with van der Waals surface area (Å²) in [7, 11) is 0. The Hall–Kier alpha value is -1.55.